The summed E-state index contributed by atoms with van der Waals surface area (Å²) in [5, 5.41) is 15.5. The van der Waals surface area contributed by atoms with E-state index in [1.54, 1.807) is 24.3 Å². The van der Waals surface area contributed by atoms with Gasteiger partial charge in [-0.05, 0) is 60.0 Å². The van der Waals surface area contributed by atoms with Crippen molar-refractivity contribution in [2.24, 2.45) is 0 Å². The van der Waals surface area contributed by atoms with Crippen LogP contribution in [0.2, 0.25) is 0 Å². The molecule has 0 unspecified atom stereocenters. The molecule has 178 valence electrons. The minimum atomic E-state index is -0.319. The minimum Gasteiger partial charge on any atom is -0.349 e. The number of hydrogen-bond acceptors (Lipinski definition) is 6. The second kappa shape index (κ2) is 10.0. The fourth-order valence-electron chi connectivity index (χ4n) is 4.36. The van der Waals surface area contributed by atoms with Gasteiger partial charge in [-0.1, -0.05) is 47.6 Å². The van der Waals surface area contributed by atoms with Crippen molar-refractivity contribution in [1.29, 1.82) is 0 Å². The zero-order valence-electron chi connectivity index (χ0n) is 19.4. The van der Waals surface area contributed by atoms with Crippen LogP contribution in [0.1, 0.15) is 41.7 Å². The summed E-state index contributed by atoms with van der Waals surface area (Å²) in [4.78, 5) is 19.3. The Morgan fingerprint density at radius 2 is 1.86 bits per heavy atom. The zero-order valence-corrected chi connectivity index (χ0v) is 19.4. The number of pyridine rings is 1. The van der Waals surface area contributed by atoms with Crippen LogP contribution < -0.4 is 10.2 Å². The normalized spacial score (nSPS) is 15.1. The van der Waals surface area contributed by atoms with Gasteiger partial charge in [-0.25, -0.2) is 9.07 Å². The number of piperidine rings is 1. The summed E-state index contributed by atoms with van der Waals surface area (Å²) in [6.45, 7) is 3.56. The maximum atomic E-state index is 13.5. The van der Waals surface area contributed by atoms with Gasteiger partial charge in [0.25, 0.3) is 5.91 Å². The van der Waals surface area contributed by atoms with E-state index >= 15 is 0 Å². The van der Waals surface area contributed by atoms with Crippen LogP contribution in [0.4, 0.5) is 10.3 Å². The molecule has 0 bridgehead atoms. The largest absolute Gasteiger partial charge is 0.349 e. The number of carbonyl (C=O) groups excluding carboxylic acids is 1. The van der Waals surface area contributed by atoms with Gasteiger partial charge in [0.05, 0.1) is 17.3 Å². The summed E-state index contributed by atoms with van der Waals surface area (Å²) in [5.41, 5.74) is 2.92. The Labute approximate surface area is 202 Å². The topological polar surface area (TPSA) is 88.8 Å². The zero-order chi connectivity index (χ0) is 24.2. The molecule has 3 heterocycles. The predicted octanol–water partition coefficient (Wildman–Crippen LogP) is 3.88. The van der Waals surface area contributed by atoms with Gasteiger partial charge in [-0.3, -0.25) is 9.78 Å². The lowest BCUT2D eigenvalue weighted by Crippen LogP contribution is -2.45. The summed E-state index contributed by atoms with van der Waals surface area (Å²) >= 11 is 0. The van der Waals surface area contributed by atoms with Crippen LogP contribution >= 0.6 is 0 Å². The molecule has 2 aromatic heterocycles. The Morgan fingerprint density at radius 1 is 1.06 bits per heavy atom. The van der Waals surface area contributed by atoms with Gasteiger partial charge >= 0.3 is 0 Å². The number of carbonyl (C=O) groups is 1. The number of rotatable bonds is 6. The van der Waals surface area contributed by atoms with Crippen LogP contribution in [0.5, 0.6) is 0 Å². The molecule has 1 fully saturated rings. The van der Waals surface area contributed by atoms with Gasteiger partial charge in [0.1, 0.15) is 5.82 Å². The number of halogens is 1. The summed E-state index contributed by atoms with van der Waals surface area (Å²) < 4.78 is 15.3. The summed E-state index contributed by atoms with van der Waals surface area (Å²) in [6.07, 6.45) is 3.10. The molecule has 1 aliphatic rings. The van der Waals surface area contributed by atoms with E-state index in [1.807, 2.05) is 22.9 Å². The fourth-order valence-corrected chi connectivity index (χ4v) is 4.36. The Hall–Kier alpha value is -4.14. The Balaban J connectivity index is 1.18. The second-order valence-electron chi connectivity index (χ2n) is 8.69. The van der Waals surface area contributed by atoms with Crippen LogP contribution in [0.15, 0.2) is 72.9 Å². The number of tetrazole rings is 1. The Morgan fingerprint density at radius 3 is 2.57 bits per heavy atom. The monoisotopic (exact) mass is 471 g/mol. The number of nitrogens with zero attached hydrogens (tertiary/aromatic N) is 6. The van der Waals surface area contributed by atoms with Gasteiger partial charge in [0, 0.05) is 30.9 Å². The number of anilines is 1. The number of hydrogen-bond donors (Lipinski definition) is 1. The minimum absolute atomic E-state index is 0.0153. The average molecular weight is 472 g/mol. The van der Waals surface area contributed by atoms with Crippen LogP contribution in [-0.2, 0) is 0 Å². The maximum absolute atomic E-state index is 13.5. The highest BCUT2D eigenvalue weighted by Gasteiger charge is 2.26. The maximum Gasteiger partial charge on any atom is 0.253 e. The third-order valence-corrected chi connectivity index (χ3v) is 6.38. The molecule has 9 heteroatoms. The molecular weight excluding hydrogens is 445 g/mol. The Kier molecular flexibility index (Phi) is 6.47. The third-order valence-electron chi connectivity index (χ3n) is 6.38. The molecule has 0 aliphatic carbocycles. The smallest absolute Gasteiger partial charge is 0.253 e. The number of benzene rings is 2. The van der Waals surface area contributed by atoms with Gasteiger partial charge < -0.3 is 10.2 Å². The average Bonchev–Trinajstić information content (AvgIpc) is 3.39. The molecule has 0 spiro atoms. The first-order valence-electron chi connectivity index (χ1n) is 11.7. The molecule has 5 rings (SSSR count). The lowest BCUT2D eigenvalue weighted by atomic mass is 10.0. The Bertz CT molecular complexity index is 1280. The van der Waals surface area contributed by atoms with Gasteiger partial charge in [-0.15, -0.1) is 0 Å². The molecule has 8 nitrogen and oxygen atoms in total. The molecule has 1 N–H and O–H groups in total. The van der Waals surface area contributed by atoms with E-state index in [2.05, 4.69) is 49.8 Å². The predicted molar refractivity (Wildman–Crippen MR) is 130 cm³/mol. The lowest BCUT2D eigenvalue weighted by Gasteiger charge is -2.33. The van der Waals surface area contributed by atoms with Crippen molar-refractivity contribution in [2.45, 2.75) is 31.8 Å². The molecule has 1 amide bonds. The molecule has 35 heavy (non-hydrogen) atoms. The highest BCUT2D eigenvalue weighted by Crippen LogP contribution is 2.24. The van der Waals surface area contributed by atoms with Gasteiger partial charge in [0.15, 0.2) is 0 Å². The van der Waals surface area contributed by atoms with E-state index in [9.17, 15) is 9.18 Å². The molecule has 1 atom stereocenters. The first kappa shape index (κ1) is 22.6. The standard InChI is InChI=1S/C26H26FN7O/c1-18(19-6-3-2-4-7-19)34-26(30-31-32-34)33-14-12-23(13-15-33)29-25(35)21-10-11-24(28-17-21)20-8-5-9-22(27)16-20/h2-11,16-18,23H,12-15H2,1H3,(H,29,35)/t18-/m1/s1. The molecule has 1 aliphatic heterocycles. The van der Waals surface area contributed by atoms with Crippen molar-refractivity contribution in [2.75, 3.05) is 18.0 Å². The van der Waals surface area contributed by atoms with E-state index in [0.29, 0.717) is 16.8 Å². The van der Waals surface area contributed by atoms with Crippen LogP contribution in [-0.4, -0.2) is 50.2 Å². The van der Waals surface area contributed by atoms with Crippen molar-refractivity contribution in [3.63, 3.8) is 0 Å². The van der Waals surface area contributed by atoms with E-state index in [0.717, 1.165) is 37.4 Å². The van der Waals surface area contributed by atoms with E-state index in [-0.39, 0.29) is 23.8 Å². The highest BCUT2D eigenvalue weighted by atomic mass is 19.1. The van der Waals surface area contributed by atoms with E-state index < -0.39 is 0 Å². The highest BCUT2D eigenvalue weighted by molar-refractivity contribution is 5.94. The third kappa shape index (κ3) is 5.03. The van der Waals surface area contributed by atoms with E-state index in [1.165, 1.54) is 18.3 Å². The summed E-state index contributed by atoms with van der Waals surface area (Å²) in [5.74, 6) is 0.258. The molecule has 2 aromatic carbocycles. The van der Waals surface area contributed by atoms with Gasteiger partial charge in [-0.2, -0.15) is 0 Å². The van der Waals surface area contributed by atoms with Gasteiger partial charge in [0.2, 0.25) is 5.95 Å². The van der Waals surface area contributed by atoms with Crippen LogP contribution in [0, 0.1) is 5.82 Å². The summed E-state index contributed by atoms with van der Waals surface area (Å²) in [6, 6.07) is 19.9. The number of aromatic nitrogens is 5. The van der Waals surface area contributed by atoms with Crippen molar-refractivity contribution >= 4 is 11.9 Å². The first-order valence-corrected chi connectivity index (χ1v) is 11.7. The number of nitrogens with one attached hydrogen (secondary N) is 1. The quantitative estimate of drug-likeness (QED) is 0.459. The lowest BCUT2D eigenvalue weighted by molar-refractivity contribution is 0.0930. The SMILES string of the molecule is C[C@H](c1ccccc1)n1nnnc1N1CCC(NC(=O)c2ccc(-c3cccc(F)c3)nc2)CC1. The number of amides is 1. The van der Waals surface area contributed by atoms with Crippen molar-refractivity contribution in [3.8, 4) is 11.3 Å². The fraction of sp³-hybridized carbons (Fsp3) is 0.269. The van der Waals surface area contributed by atoms with Crippen molar-refractivity contribution in [3.05, 3.63) is 89.9 Å². The summed E-state index contributed by atoms with van der Waals surface area (Å²) in [7, 11) is 0. The van der Waals surface area contributed by atoms with Crippen LogP contribution in [0.3, 0.4) is 0 Å². The van der Waals surface area contributed by atoms with Crippen molar-refractivity contribution < 1.29 is 9.18 Å². The molecule has 0 saturated carbocycles. The molecule has 1 saturated heterocycles. The van der Waals surface area contributed by atoms with E-state index in [4.69, 9.17) is 0 Å². The first-order chi connectivity index (χ1) is 17.1. The second-order valence-corrected chi connectivity index (χ2v) is 8.69. The van der Waals surface area contributed by atoms with Crippen LogP contribution in [0.25, 0.3) is 11.3 Å². The molecular formula is C26H26FN7O. The molecule has 4 aromatic rings. The van der Waals surface area contributed by atoms with Crippen molar-refractivity contribution in [1.82, 2.24) is 30.5 Å². The molecule has 0 radical (unpaired) electrons.